The Kier molecular flexibility index (Phi) is 2.34. The number of carbonyl (C=O) groups is 1. The molecule has 3 N–H and O–H groups in total. The fourth-order valence-electron chi connectivity index (χ4n) is 1.64. The van der Waals surface area contributed by atoms with Crippen LogP contribution in [-0.2, 0) is 0 Å². The fraction of sp³-hybridized carbons (Fsp3) is 0.625. The minimum absolute atomic E-state index is 0.115. The van der Waals surface area contributed by atoms with Crippen molar-refractivity contribution in [3.05, 3.63) is 5.69 Å². The van der Waals surface area contributed by atoms with E-state index < -0.39 is 0 Å². The molecule has 76 valence electrons. The minimum atomic E-state index is -0.115. The quantitative estimate of drug-likeness (QED) is 0.660. The average molecular weight is 195 g/mol. The fourth-order valence-corrected chi connectivity index (χ4v) is 1.64. The van der Waals surface area contributed by atoms with Gasteiger partial charge in [-0.25, -0.2) is 0 Å². The topological polar surface area (TPSA) is 87.9 Å². The average Bonchev–Trinajstić information content (AvgIpc) is 2.65. The zero-order valence-corrected chi connectivity index (χ0v) is 7.86. The molecule has 0 aliphatic carbocycles. The van der Waals surface area contributed by atoms with E-state index in [-0.39, 0.29) is 17.4 Å². The molecular formula is C8H13N5O. The molecule has 2 heterocycles. The highest BCUT2D eigenvalue weighted by atomic mass is 16.2. The SMILES string of the molecule is Nc1n[nH]nc1C(=O)N1CCCCC1. The van der Waals surface area contributed by atoms with Gasteiger partial charge in [-0.15, -0.1) is 10.2 Å². The van der Waals surface area contributed by atoms with Crippen LogP contribution in [0.15, 0.2) is 0 Å². The molecule has 1 aromatic heterocycles. The first-order chi connectivity index (χ1) is 6.79. The van der Waals surface area contributed by atoms with Crippen LogP contribution in [0.5, 0.6) is 0 Å². The van der Waals surface area contributed by atoms with E-state index in [4.69, 9.17) is 5.73 Å². The summed E-state index contributed by atoms with van der Waals surface area (Å²) in [6.07, 6.45) is 3.31. The number of piperidine rings is 1. The second-order valence-electron chi connectivity index (χ2n) is 3.41. The van der Waals surface area contributed by atoms with Crippen molar-refractivity contribution in [2.24, 2.45) is 0 Å². The summed E-state index contributed by atoms with van der Waals surface area (Å²) in [6.45, 7) is 1.59. The molecule has 1 aromatic rings. The number of carbonyl (C=O) groups excluding carboxylic acids is 1. The Balaban J connectivity index is 2.11. The summed E-state index contributed by atoms with van der Waals surface area (Å²) < 4.78 is 0. The molecule has 1 aliphatic heterocycles. The minimum Gasteiger partial charge on any atom is -0.380 e. The number of hydrogen-bond donors (Lipinski definition) is 2. The van der Waals surface area contributed by atoms with Crippen molar-refractivity contribution in [2.75, 3.05) is 18.8 Å². The molecule has 0 atom stereocenters. The monoisotopic (exact) mass is 195 g/mol. The van der Waals surface area contributed by atoms with Gasteiger partial charge >= 0.3 is 0 Å². The number of aromatic amines is 1. The Morgan fingerprint density at radius 3 is 2.57 bits per heavy atom. The molecular weight excluding hydrogens is 182 g/mol. The van der Waals surface area contributed by atoms with Crippen LogP contribution in [0.4, 0.5) is 5.82 Å². The smallest absolute Gasteiger partial charge is 0.278 e. The third-order valence-electron chi connectivity index (χ3n) is 2.42. The van der Waals surface area contributed by atoms with Gasteiger partial charge in [-0.1, -0.05) is 0 Å². The van der Waals surface area contributed by atoms with Gasteiger partial charge in [0.2, 0.25) is 0 Å². The number of likely N-dealkylation sites (tertiary alicyclic amines) is 1. The van der Waals surface area contributed by atoms with Crippen LogP contribution in [0.1, 0.15) is 29.8 Å². The third kappa shape index (κ3) is 1.55. The van der Waals surface area contributed by atoms with Crippen molar-refractivity contribution < 1.29 is 4.79 Å². The molecule has 0 radical (unpaired) electrons. The Labute approximate surface area is 81.5 Å². The predicted molar refractivity (Wildman–Crippen MR) is 50.5 cm³/mol. The van der Waals surface area contributed by atoms with E-state index in [9.17, 15) is 4.79 Å². The van der Waals surface area contributed by atoms with Crippen LogP contribution in [0, 0.1) is 0 Å². The molecule has 14 heavy (non-hydrogen) atoms. The van der Waals surface area contributed by atoms with Crippen molar-refractivity contribution in [1.82, 2.24) is 20.3 Å². The van der Waals surface area contributed by atoms with Crippen LogP contribution in [0.2, 0.25) is 0 Å². The summed E-state index contributed by atoms with van der Waals surface area (Å²) in [5, 5.41) is 9.71. The Morgan fingerprint density at radius 1 is 1.29 bits per heavy atom. The molecule has 2 rings (SSSR count). The van der Waals surface area contributed by atoms with Crippen molar-refractivity contribution in [2.45, 2.75) is 19.3 Å². The van der Waals surface area contributed by atoms with E-state index in [2.05, 4.69) is 15.4 Å². The number of H-pyrrole nitrogens is 1. The van der Waals surface area contributed by atoms with Gasteiger partial charge in [0, 0.05) is 13.1 Å². The number of hydrogen-bond acceptors (Lipinski definition) is 4. The number of nitrogens with zero attached hydrogens (tertiary/aromatic N) is 3. The molecule has 6 heteroatoms. The number of anilines is 1. The van der Waals surface area contributed by atoms with Crippen LogP contribution < -0.4 is 5.73 Å². The van der Waals surface area contributed by atoms with Gasteiger partial charge in [-0.05, 0) is 19.3 Å². The van der Waals surface area contributed by atoms with E-state index in [1.807, 2.05) is 0 Å². The summed E-state index contributed by atoms with van der Waals surface area (Å²) in [5.41, 5.74) is 5.74. The molecule has 0 saturated carbocycles. The second-order valence-corrected chi connectivity index (χ2v) is 3.41. The normalized spacial score (nSPS) is 17.0. The maximum absolute atomic E-state index is 11.8. The van der Waals surface area contributed by atoms with Crippen LogP contribution in [0.25, 0.3) is 0 Å². The van der Waals surface area contributed by atoms with E-state index in [1.165, 1.54) is 6.42 Å². The lowest BCUT2D eigenvalue weighted by Gasteiger charge is -2.25. The Hall–Kier alpha value is -1.59. The lowest BCUT2D eigenvalue weighted by molar-refractivity contribution is 0.0719. The Bertz CT molecular complexity index is 328. The number of nitrogens with one attached hydrogen (secondary N) is 1. The third-order valence-corrected chi connectivity index (χ3v) is 2.42. The van der Waals surface area contributed by atoms with Gasteiger partial charge in [-0.3, -0.25) is 4.79 Å². The van der Waals surface area contributed by atoms with Crippen molar-refractivity contribution >= 4 is 11.7 Å². The van der Waals surface area contributed by atoms with Gasteiger partial charge in [0.25, 0.3) is 5.91 Å². The van der Waals surface area contributed by atoms with Crippen LogP contribution in [-0.4, -0.2) is 39.3 Å². The highest BCUT2D eigenvalue weighted by Gasteiger charge is 2.22. The van der Waals surface area contributed by atoms with E-state index in [0.717, 1.165) is 25.9 Å². The molecule has 0 aromatic carbocycles. The number of aromatic nitrogens is 3. The predicted octanol–water partition coefficient (Wildman–Crippen LogP) is 0.0130. The first-order valence-electron chi connectivity index (χ1n) is 4.74. The summed E-state index contributed by atoms with van der Waals surface area (Å²) >= 11 is 0. The van der Waals surface area contributed by atoms with Gasteiger partial charge in [0.05, 0.1) is 0 Å². The first-order valence-corrected chi connectivity index (χ1v) is 4.74. The Morgan fingerprint density at radius 2 is 2.00 bits per heavy atom. The molecule has 0 spiro atoms. The number of nitrogens with two attached hydrogens (primary N) is 1. The lowest BCUT2D eigenvalue weighted by atomic mass is 10.1. The largest absolute Gasteiger partial charge is 0.380 e. The summed E-state index contributed by atoms with van der Waals surface area (Å²) in [5.74, 6) is 0.0662. The van der Waals surface area contributed by atoms with Crippen molar-refractivity contribution in [3.8, 4) is 0 Å². The zero-order valence-electron chi connectivity index (χ0n) is 7.86. The summed E-state index contributed by atoms with van der Waals surface area (Å²) in [4.78, 5) is 13.6. The first kappa shape index (κ1) is 8.98. The maximum atomic E-state index is 11.8. The standard InChI is InChI=1S/C8H13N5O/c9-7-6(10-12-11-7)8(14)13-4-2-1-3-5-13/h1-5H2,(H3,9,10,11,12). The molecule has 1 amide bonds. The van der Waals surface area contributed by atoms with Gasteiger partial charge in [0.1, 0.15) is 0 Å². The van der Waals surface area contributed by atoms with Gasteiger partial charge in [-0.2, -0.15) is 5.21 Å². The van der Waals surface area contributed by atoms with E-state index >= 15 is 0 Å². The lowest BCUT2D eigenvalue weighted by Crippen LogP contribution is -2.36. The highest BCUT2D eigenvalue weighted by molar-refractivity contribution is 5.96. The maximum Gasteiger partial charge on any atom is 0.278 e. The second kappa shape index (κ2) is 3.65. The van der Waals surface area contributed by atoms with Crippen LogP contribution in [0.3, 0.4) is 0 Å². The molecule has 6 nitrogen and oxygen atoms in total. The van der Waals surface area contributed by atoms with Gasteiger partial charge in [0.15, 0.2) is 11.5 Å². The van der Waals surface area contributed by atoms with E-state index in [0.29, 0.717) is 0 Å². The van der Waals surface area contributed by atoms with E-state index in [1.54, 1.807) is 4.90 Å². The molecule has 1 fully saturated rings. The summed E-state index contributed by atoms with van der Waals surface area (Å²) in [6, 6.07) is 0. The number of nitrogen functional groups attached to an aromatic ring is 1. The highest BCUT2D eigenvalue weighted by Crippen LogP contribution is 2.13. The number of rotatable bonds is 1. The van der Waals surface area contributed by atoms with Crippen LogP contribution >= 0.6 is 0 Å². The molecule has 1 saturated heterocycles. The zero-order chi connectivity index (χ0) is 9.97. The van der Waals surface area contributed by atoms with Gasteiger partial charge < -0.3 is 10.6 Å². The van der Waals surface area contributed by atoms with Crippen molar-refractivity contribution in [1.29, 1.82) is 0 Å². The summed E-state index contributed by atoms with van der Waals surface area (Å²) in [7, 11) is 0. The molecule has 0 unspecified atom stereocenters. The molecule has 0 bridgehead atoms. The molecule has 1 aliphatic rings. The van der Waals surface area contributed by atoms with Crippen molar-refractivity contribution in [3.63, 3.8) is 0 Å². The number of amides is 1.